The van der Waals surface area contributed by atoms with Gasteiger partial charge in [0, 0.05) is 6.42 Å². The molecule has 0 fully saturated rings. The summed E-state index contributed by atoms with van der Waals surface area (Å²) in [6, 6.07) is 3.26. The average molecular weight is 608 g/mol. The van der Waals surface area contributed by atoms with Crippen LogP contribution >= 0.6 is 0 Å². The van der Waals surface area contributed by atoms with Gasteiger partial charge in [0.15, 0.2) is 5.75 Å². The summed E-state index contributed by atoms with van der Waals surface area (Å²) >= 11 is 0. The van der Waals surface area contributed by atoms with Gasteiger partial charge in [0.1, 0.15) is 11.5 Å². The number of hydrogen-bond acceptors (Lipinski definition) is 5. The van der Waals surface area contributed by atoms with E-state index < -0.39 is 76.3 Å². The minimum atomic E-state index is -5.12. The number of benzene rings is 2. The Balaban J connectivity index is 1.83. The van der Waals surface area contributed by atoms with E-state index in [1.807, 2.05) is 0 Å². The first kappa shape index (κ1) is 30.9. The minimum absolute atomic E-state index is 0.0616. The lowest BCUT2D eigenvalue weighted by atomic mass is 9.78. The van der Waals surface area contributed by atoms with E-state index in [1.165, 1.54) is 6.92 Å². The van der Waals surface area contributed by atoms with Crippen LogP contribution in [0.4, 0.5) is 50.0 Å². The molecule has 4 N–H and O–H groups in total. The first-order valence-electron chi connectivity index (χ1n) is 12.1. The fourth-order valence-electron chi connectivity index (χ4n) is 4.96. The van der Waals surface area contributed by atoms with E-state index >= 15 is 0 Å². The molecule has 2 aromatic carbocycles. The van der Waals surface area contributed by atoms with Crippen LogP contribution in [0, 0.1) is 0 Å². The highest BCUT2D eigenvalue weighted by Crippen LogP contribution is 2.46. The van der Waals surface area contributed by atoms with Crippen molar-refractivity contribution in [2.45, 2.75) is 56.3 Å². The molecule has 0 saturated carbocycles. The number of anilines is 1. The van der Waals surface area contributed by atoms with Gasteiger partial charge in [-0.05, 0) is 60.4 Å². The first-order valence-corrected chi connectivity index (χ1v) is 12.1. The number of rotatable bonds is 4. The molecule has 1 aliphatic heterocycles. The molecule has 4 rings (SSSR count). The molecule has 0 aliphatic carbocycles. The fraction of sp³-hybridized carbons (Fsp3) is 0.346. The van der Waals surface area contributed by atoms with Gasteiger partial charge in [-0.3, -0.25) is 4.90 Å². The smallest absolute Gasteiger partial charge is 0.416 e. The third-order valence-corrected chi connectivity index (χ3v) is 7.04. The van der Waals surface area contributed by atoms with Crippen LogP contribution in [0.1, 0.15) is 58.6 Å². The molecule has 1 aliphatic rings. The van der Waals surface area contributed by atoms with Gasteiger partial charge >= 0.3 is 24.6 Å². The first-order chi connectivity index (χ1) is 19.3. The number of fused-ring (bicyclic) bond motifs is 1. The summed E-state index contributed by atoms with van der Waals surface area (Å²) in [6.07, 6.45) is -17.0. The largest absolute Gasteiger partial charge is 0.504 e. The van der Waals surface area contributed by atoms with Gasteiger partial charge < -0.3 is 15.9 Å². The molecule has 3 aromatic rings. The number of carbonyl (C=O) groups is 1. The Labute approximate surface area is 231 Å². The Hall–Kier alpha value is -4.08. The maximum atomic E-state index is 13.4. The summed E-state index contributed by atoms with van der Waals surface area (Å²) in [6.45, 7) is 1.50. The number of hydrogen-bond donors (Lipinski definition) is 3. The molecule has 0 spiro atoms. The van der Waals surface area contributed by atoms with Gasteiger partial charge in [-0.1, -0.05) is 6.92 Å². The standard InChI is InChI=1S/C26H21F9N4O3/c1-2-23(36)17(9-13-8-14(24(27,28)29)3-4-19(13)39(23)22(41)42)21-37-11-20(40)18(38-21)7-12-5-15(25(30,31)32)10-16(6-12)26(33,34)35/h3-6,8,10-11,17,40H,2,7,9,36H2,1H3,(H,41,42). The Morgan fingerprint density at radius 1 is 0.976 bits per heavy atom. The van der Waals surface area contributed by atoms with E-state index in [9.17, 15) is 54.5 Å². The molecule has 2 heterocycles. The lowest BCUT2D eigenvalue weighted by Gasteiger charge is -2.48. The molecule has 226 valence electrons. The highest BCUT2D eigenvalue weighted by atomic mass is 19.4. The van der Waals surface area contributed by atoms with Crippen LogP contribution in [0.2, 0.25) is 0 Å². The van der Waals surface area contributed by atoms with Gasteiger partial charge in [0.25, 0.3) is 0 Å². The number of aromatic hydroxyl groups is 1. The predicted octanol–water partition coefficient (Wildman–Crippen LogP) is 6.72. The second-order valence-electron chi connectivity index (χ2n) is 9.71. The molecule has 42 heavy (non-hydrogen) atoms. The zero-order valence-electron chi connectivity index (χ0n) is 21.4. The minimum Gasteiger partial charge on any atom is -0.504 e. The van der Waals surface area contributed by atoms with Gasteiger partial charge in [-0.15, -0.1) is 0 Å². The van der Waals surface area contributed by atoms with Gasteiger partial charge in [-0.2, -0.15) is 39.5 Å². The van der Waals surface area contributed by atoms with Gasteiger partial charge in [0.2, 0.25) is 0 Å². The highest BCUT2D eigenvalue weighted by Gasteiger charge is 2.50. The zero-order valence-corrected chi connectivity index (χ0v) is 21.4. The quantitative estimate of drug-likeness (QED) is 0.284. The van der Waals surface area contributed by atoms with Gasteiger partial charge in [0.05, 0.1) is 40.2 Å². The van der Waals surface area contributed by atoms with Crippen molar-refractivity contribution < 1.29 is 54.5 Å². The van der Waals surface area contributed by atoms with Crippen molar-refractivity contribution in [3.8, 4) is 5.75 Å². The van der Waals surface area contributed by atoms with E-state index in [2.05, 4.69) is 9.97 Å². The summed E-state index contributed by atoms with van der Waals surface area (Å²) in [4.78, 5) is 21.0. The van der Waals surface area contributed by atoms with Crippen molar-refractivity contribution in [2.24, 2.45) is 5.73 Å². The second kappa shape index (κ2) is 10.3. The Morgan fingerprint density at radius 3 is 2.05 bits per heavy atom. The molecule has 0 radical (unpaired) electrons. The lowest BCUT2D eigenvalue weighted by molar-refractivity contribution is -0.143. The molecule has 1 amide bonds. The molecule has 0 bridgehead atoms. The zero-order chi connectivity index (χ0) is 31.4. The predicted molar refractivity (Wildman–Crippen MR) is 129 cm³/mol. The molecule has 2 unspecified atom stereocenters. The van der Waals surface area contributed by atoms with Crippen LogP contribution in [0.5, 0.6) is 5.75 Å². The molecule has 0 saturated heterocycles. The molecule has 7 nitrogen and oxygen atoms in total. The van der Waals surface area contributed by atoms with Crippen LogP contribution in [0.3, 0.4) is 0 Å². The number of amides is 1. The lowest BCUT2D eigenvalue weighted by Crippen LogP contribution is -2.64. The third kappa shape index (κ3) is 5.80. The molecule has 16 heteroatoms. The average Bonchev–Trinajstić information content (AvgIpc) is 2.87. The highest BCUT2D eigenvalue weighted by molar-refractivity contribution is 5.90. The van der Waals surface area contributed by atoms with E-state index in [0.717, 1.165) is 18.3 Å². The molecule has 1 aromatic heterocycles. The van der Waals surface area contributed by atoms with Crippen molar-refractivity contribution >= 4 is 11.8 Å². The Kier molecular flexibility index (Phi) is 7.59. The van der Waals surface area contributed by atoms with Crippen molar-refractivity contribution in [2.75, 3.05) is 4.90 Å². The summed E-state index contributed by atoms with van der Waals surface area (Å²) in [7, 11) is 0. The number of aromatic nitrogens is 2. The maximum Gasteiger partial charge on any atom is 0.416 e. The monoisotopic (exact) mass is 608 g/mol. The van der Waals surface area contributed by atoms with Crippen molar-refractivity contribution in [3.63, 3.8) is 0 Å². The summed E-state index contributed by atoms with van der Waals surface area (Å²) < 4.78 is 120. The maximum absolute atomic E-state index is 13.4. The van der Waals surface area contributed by atoms with Crippen LogP contribution in [0.15, 0.2) is 42.6 Å². The van der Waals surface area contributed by atoms with Crippen LogP contribution < -0.4 is 10.6 Å². The third-order valence-electron chi connectivity index (χ3n) is 7.04. The molecule has 2 atom stereocenters. The van der Waals surface area contributed by atoms with Crippen molar-refractivity contribution in [1.82, 2.24) is 9.97 Å². The number of nitrogens with two attached hydrogens (primary N) is 1. The van der Waals surface area contributed by atoms with Crippen molar-refractivity contribution in [1.29, 1.82) is 0 Å². The Bertz CT molecular complexity index is 1490. The van der Waals surface area contributed by atoms with E-state index in [4.69, 9.17) is 5.73 Å². The number of carboxylic acid groups (broad SMARTS) is 1. The summed E-state index contributed by atoms with van der Waals surface area (Å²) in [5.74, 6) is -2.22. The van der Waals surface area contributed by atoms with E-state index in [1.54, 1.807) is 0 Å². The summed E-state index contributed by atoms with van der Waals surface area (Å²) in [5.41, 5.74) is -0.668. The normalized spacial score (nSPS) is 19.5. The summed E-state index contributed by atoms with van der Waals surface area (Å²) in [5, 5.41) is 20.3. The van der Waals surface area contributed by atoms with Gasteiger partial charge in [-0.25, -0.2) is 14.8 Å². The number of halogens is 9. The van der Waals surface area contributed by atoms with Crippen LogP contribution in [-0.2, 0) is 31.4 Å². The molecular weight excluding hydrogens is 587 g/mol. The van der Waals surface area contributed by atoms with Crippen LogP contribution in [0.25, 0.3) is 0 Å². The van der Waals surface area contributed by atoms with Crippen LogP contribution in [-0.4, -0.2) is 31.9 Å². The number of nitrogens with zero attached hydrogens (tertiary/aromatic N) is 3. The SMILES string of the molecule is CCC1(N)C(c2ncc(O)c(Cc3cc(C(F)(F)F)cc(C(F)(F)F)c3)n2)Cc2cc(C(F)(F)F)ccc2N1C(=O)O. The van der Waals surface area contributed by atoms with E-state index in [0.29, 0.717) is 23.1 Å². The second-order valence-corrected chi connectivity index (χ2v) is 9.71. The molecular formula is C26H21F9N4O3. The Morgan fingerprint density at radius 2 is 1.55 bits per heavy atom. The van der Waals surface area contributed by atoms with E-state index in [-0.39, 0.29) is 36.0 Å². The topological polar surface area (TPSA) is 113 Å². The van der Waals surface area contributed by atoms with Crippen molar-refractivity contribution in [3.05, 3.63) is 81.9 Å². The fourth-order valence-corrected chi connectivity index (χ4v) is 4.96. The number of alkyl halides is 9.